The third-order valence-corrected chi connectivity index (χ3v) is 5.16. The van der Waals surface area contributed by atoms with Crippen molar-refractivity contribution in [3.63, 3.8) is 0 Å². The molecule has 3 nitrogen and oxygen atoms in total. The molecule has 1 aliphatic carbocycles. The second kappa shape index (κ2) is 8.15. The third-order valence-electron chi connectivity index (χ3n) is 5.16. The molecule has 0 radical (unpaired) electrons. The lowest BCUT2D eigenvalue weighted by Gasteiger charge is -2.22. The van der Waals surface area contributed by atoms with E-state index in [2.05, 4.69) is 0 Å². The molecule has 1 aliphatic rings. The first-order chi connectivity index (χ1) is 12.1. The smallest absolute Gasteiger partial charge is 0.129 e. The molecule has 2 aromatic rings. The average molecular weight is 346 g/mol. The summed E-state index contributed by atoms with van der Waals surface area (Å²) in [5.74, 6) is 0.986. The van der Waals surface area contributed by atoms with Crippen LogP contribution in [0.15, 0.2) is 47.1 Å². The zero-order valence-corrected chi connectivity index (χ0v) is 14.9. The topological polar surface area (TPSA) is 42.6 Å². The van der Waals surface area contributed by atoms with E-state index < -0.39 is 12.3 Å². The summed E-state index contributed by atoms with van der Waals surface area (Å²) in [5.41, 5.74) is 1.88. The molecular formula is C21H27FO3. The summed E-state index contributed by atoms with van der Waals surface area (Å²) in [6.45, 7) is 4.92. The molecule has 1 fully saturated rings. The average Bonchev–Trinajstić information content (AvgIpc) is 3.24. The van der Waals surface area contributed by atoms with Crippen LogP contribution in [0.2, 0.25) is 0 Å². The second-order valence-corrected chi connectivity index (χ2v) is 7.33. The highest BCUT2D eigenvalue weighted by atomic mass is 19.1. The molecule has 4 atom stereocenters. The summed E-state index contributed by atoms with van der Waals surface area (Å²) in [6, 6.07) is 11.5. The van der Waals surface area contributed by atoms with Crippen molar-refractivity contribution in [1.82, 2.24) is 0 Å². The zero-order chi connectivity index (χ0) is 17.8. The summed E-state index contributed by atoms with van der Waals surface area (Å²) in [5, 5.41) is 10.2. The van der Waals surface area contributed by atoms with Crippen molar-refractivity contribution in [3.8, 4) is 0 Å². The Morgan fingerprint density at radius 2 is 1.96 bits per heavy atom. The van der Waals surface area contributed by atoms with Crippen LogP contribution in [-0.2, 0) is 11.3 Å². The molecule has 0 spiro atoms. The highest BCUT2D eigenvalue weighted by Crippen LogP contribution is 2.42. The molecule has 3 rings (SSSR count). The van der Waals surface area contributed by atoms with Gasteiger partial charge in [0.2, 0.25) is 0 Å². The van der Waals surface area contributed by atoms with Gasteiger partial charge in [0, 0.05) is 5.92 Å². The molecule has 1 aromatic carbocycles. The number of furan rings is 1. The summed E-state index contributed by atoms with van der Waals surface area (Å²) in [7, 11) is 0. The van der Waals surface area contributed by atoms with Crippen molar-refractivity contribution in [3.05, 3.63) is 59.5 Å². The first kappa shape index (κ1) is 18.2. The van der Waals surface area contributed by atoms with Gasteiger partial charge in [-0.25, -0.2) is 4.39 Å². The largest absolute Gasteiger partial charge is 0.467 e. The van der Waals surface area contributed by atoms with E-state index in [9.17, 15) is 9.50 Å². The maximum absolute atomic E-state index is 14.5. The van der Waals surface area contributed by atoms with Crippen LogP contribution in [0.25, 0.3) is 0 Å². The van der Waals surface area contributed by atoms with Gasteiger partial charge in [0.1, 0.15) is 18.5 Å². The Balaban J connectivity index is 1.63. The van der Waals surface area contributed by atoms with Crippen molar-refractivity contribution in [2.45, 2.75) is 51.5 Å². The van der Waals surface area contributed by atoms with Crippen LogP contribution in [0.5, 0.6) is 0 Å². The third kappa shape index (κ3) is 4.31. The van der Waals surface area contributed by atoms with Crippen molar-refractivity contribution >= 4 is 0 Å². The highest BCUT2D eigenvalue weighted by Gasteiger charge is 2.37. The Labute approximate surface area is 148 Å². The number of aliphatic hydroxyl groups excluding tert-OH is 1. The monoisotopic (exact) mass is 346 g/mol. The normalized spacial score (nSPS) is 24.8. The van der Waals surface area contributed by atoms with Gasteiger partial charge in [-0.2, -0.15) is 0 Å². The number of rotatable bonds is 7. The molecule has 1 saturated carbocycles. The predicted molar refractivity (Wildman–Crippen MR) is 95.0 cm³/mol. The summed E-state index contributed by atoms with van der Waals surface area (Å²) >= 11 is 0. The standard InChI is InChI=1S/C21H27FO3/c1-14(2)21(23)16-7-5-15(6-8-16)20-17(9-10-19(20)22)12-24-13-18-4-3-11-25-18/h3-8,11,14,17,19-21,23H,9-10,12-13H2,1-2H3. The fraction of sp³-hybridized carbons (Fsp3) is 0.524. The van der Waals surface area contributed by atoms with Crippen LogP contribution in [0.1, 0.15) is 55.6 Å². The molecule has 0 saturated heterocycles. The second-order valence-electron chi connectivity index (χ2n) is 7.33. The Hall–Kier alpha value is -1.65. The fourth-order valence-electron chi connectivity index (χ4n) is 3.70. The number of benzene rings is 1. The van der Waals surface area contributed by atoms with E-state index in [0.29, 0.717) is 19.6 Å². The molecule has 0 amide bonds. The maximum Gasteiger partial charge on any atom is 0.129 e. The van der Waals surface area contributed by atoms with Gasteiger partial charge >= 0.3 is 0 Å². The summed E-state index contributed by atoms with van der Waals surface area (Å²) in [4.78, 5) is 0. The minimum absolute atomic E-state index is 0.137. The number of ether oxygens (including phenoxy) is 1. The van der Waals surface area contributed by atoms with Gasteiger partial charge in [-0.15, -0.1) is 0 Å². The quantitative estimate of drug-likeness (QED) is 0.765. The van der Waals surface area contributed by atoms with Gasteiger partial charge in [-0.3, -0.25) is 0 Å². The predicted octanol–water partition coefficient (Wildman–Crippen LogP) is 5.02. The summed E-state index contributed by atoms with van der Waals surface area (Å²) in [6.07, 6.45) is 1.72. The van der Waals surface area contributed by atoms with Crippen LogP contribution < -0.4 is 0 Å². The summed E-state index contributed by atoms with van der Waals surface area (Å²) < 4.78 is 25.5. The van der Waals surface area contributed by atoms with Gasteiger partial charge in [-0.05, 0) is 47.9 Å². The van der Waals surface area contributed by atoms with Crippen molar-refractivity contribution < 1.29 is 18.7 Å². The molecule has 1 N–H and O–H groups in total. The molecule has 25 heavy (non-hydrogen) atoms. The number of halogens is 1. The van der Waals surface area contributed by atoms with Crippen LogP contribution >= 0.6 is 0 Å². The van der Waals surface area contributed by atoms with E-state index in [0.717, 1.165) is 23.3 Å². The highest BCUT2D eigenvalue weighted by molar-refractivity contribution is 5.29. The van der Waals surface area contributed by atoms with Crippen LogP contribution in [-0.4, -0.2) is 17.9 Å². The Bertz CT molecular complexity index is 636. The molecule has 0 bridgehead atoms. The maximum atomic E-state index is 14.5. The molecule has 4 unspecified atom stereocenters. The van der Waals surface area contributed by atoms with E-state index in [1.807, 2.05) is 50.2 Å². The molecule has 1 aromatic heterocycles. The number of aliphatic hydroxyl groups is 1. The van der Waals surface area contributed by atoms with Crippen LogP contribution in [0, 0.1) is 11.8 Å². The first-order valence-electron chi connectivity index (χ1n) is 9.08. The van der Waals surface area contributed by atoms with Gasteiger partial charge in [0.15, 0.2) is 0 Å². The molecule has 1 heterocycles. The van der Waals surface area contributed by atoms with E-state index in [1.54, 1.807) is 6.26 Å². The Kier molecular flexibility index (Phi) is 5.92. The van der Waals surface area contributed by atoms with Gasteiger partial charge < -0.3 is 14.3 Å². The lowest BCUT2D eigenvalue weighted by atomic mass is 9.87. The van der Waals surface area contributed by atoms with Gasteiger partial charge in [-0.1, -0.05) is 38.1 Å². The van der Waals surface area contributed by atoms with Crippen LogP contribution in [0.3, 0.4) is 0 Å². The SMILES string of the molecule is CC(C)C(O)c1ccc(C2C(F)CCC2COCc2ccco2)cc1. The van der Waals surface area contributed by atoms with E-state index in [4.69, 9.17) is 9.15 Å². The van der Waals surface area contributed by atoms with Crippen LogP contribution in [0.4, 0.5) is 4.39 Å². The molecule has 0 aliphatic heterocycles. The minimum atomic E-state index is -0.835. The Morgan fingerprint density at radius 1 is 1.20 bits per heavy atom. The van der Waals surface area contributed by atoms with Gasteiger partial charge in [0.05, 0.1) is 19.0 Å². The minimum Gasteiger partial charge on any atom is -0.467 e. The number of hydrogen-bond acceptors (Lipinski definition) is 3. The number of hydrogen-bond donors (Lipinski definition) is 1. The van der Waals surface area contributed by atoms with E-state index >= 15 is 0 Å². The van der Waals surface area contributed by atoms with Crippen molar-refractivity contribution in [2.24, 2.45) is 11.8 Å². The van der Waals surface area contributed by atoms with Crippen molar-refractivity contribution in [1.29, 1.82) is 0 Å². The number of alkyl halides is 1. The molecule has 4 heteroatoms. The first-order valence-corrected chi connectivity index (χ1v) is 9.08. The van der Waals surface area contributed by atoms with E-state index in [-0.39, 0.29) is 17.8 Å². The lowest BCUT2D eigenvalue weighted by molar-refractivity contribution is 0.0689. The van der Waals surface area contributed by atoms with E-state index in [1.165, 1.54) is 0 Å². The fourth-order valence-corrected chi connectivity index (χ4v) is 3.70. The molecule has 136 valence electrons. The van der Waals surface area contributed by atoms with Gasteiger partial charge in [0.25, 0.3) is 0 Å². The Morgan fingerprint density at radius 3 is 2.60 bits per heavy atom. The van der Waals surface area contributed by atoms with Crippen molar-refractivity contribution in [2.75, 3.05) is 6.61 Å². The zero-order valence-electron chi connectivity index (χ0n) is 14.9. The lowest BCUT2D eigenvalue weighted by Crippen LogP contribution is -2.18. The molecular weight excluding hydrogens is 319 g/mol.